The Morgan fingerprint density at radius 3 is 2.76 bits per heavy atom. The molecular weight excluding hydrogens is 212 g/mol. The number of fused-ring (bicyclic) bond motifs is 1. The Morgan fingerprint density at radius 1 is 1.12 bits per heavy atom. The van der Waals surface area contributed by atoms with Crippen LogP contribution in [0.4, 0.5) is 0 Å². The third-order valence-corrected chi connectivity index (χ3v) is 2.80. The SMILES string of the molecule is Oc1ccn2c(Cc3ccccc3)ncc2c1. The van der Waals surface area contributed by atoms with Gasteiger partial charge in [-0.2, -0.15) is 0 Å². The van der Waals surface area contributed by atoms with Gasteiger partial charge in [-0.05, 0) is 11.6 Å². The standard InChI is InChI=1S/C14H12N2O/c17-13-6-7-16-12(9-13)10-15-14(16)8-11-4-2-1-3-5-11/h1-7,9-10,17H,8H2. The molecule has 0 spiro atoms. The maximum Gasteiger partial charge on any atom is 0.119 e. The molecule has 0 saturated carbocycles. The smallest absolute Gasteiger partial charge is 0.119 e. The van der Waals surface area contributed by atoms with Crippen molar-refractivity contribution in [3.63, 3.8) is 0 Å². The average Bonchev–Trinajstić information content (AvgIpc) is 2.73. The Balaban J connectivity index is 2.01. The summed E-state index contributed by atoms with van der Waals surface area (Å²) in [5.41, 5.74) is 2.14. The van der Waals surface area contributed by atoms with Crippen LogP contribution in [0.25, 0.3) is 5.52 Å². The number of rotatable bonds is 2. The molecule has 3 rings (SSSR count). The van der Waals surface area contributed by atoms with Crippen molar-refractivity contribution >= 4 is 5.52 Å². The molecule has 3 heteroatoms. The fraction of sp³-hybridized carbons (Fsp3) is 0.0714. The predicted molar refractivity (Wildman–Crippen MR) is 66.1 cm³/mol. The summed E-state index contributed by atoms with van der Waals surface area (Å²) >= 11 is 0. The highest BCUT2D eigenvalue weighted by Crippen LogP contribution is 2.16. The van der Waals surface area contributed by atoms with Gasteiger partial charge in [0.05, 0.1) is 11.7 Å². The monoisotopic (exact) mass is 224 g/mol. The first-order valence-corrected chi connectivity index (χ1v) is 5.52. The second kappa shape index (κ2) is 3.94. The van der Waals surface area contributed by atoms with Gasteiger partial charge < -0.3 is 9.51 Å². The third kappa shape index (κ3) is 1.87. The van der Waals surface area contributed by atoms with Gasteiger partial charge in [0.2, 0.25) is 0 Å². The summed E-state index contributed by atoms with van der Waals surface area (Å²) in [5.74, 6) is 1.25. The molecule has 0 radical (unpaired) electrons. The van der Waals surface area contributed by atoms with E-state index in [2.05, 4.69) is 17.1 Å². The van der Waals surface area contributed by atoms with E-state index in [1.165, 1.54) is 5.56 Å². The fourth-order valence-electron chi connectivity index (χ4n) is 1.95. The van der Waals surface area contributed by atoms with Crippen molar-refractivity contribution in [3.05, 3.63) is 66.2 Å². The lowest BCUT2D eigenvalue weighted by atomic mass is 10.1. The van der Waals surface area contributed by atoms with Crippen LogP contribution in [0.1, 0.15) is 11.4 Å². The zero-order valence-electron chi connectivity index (χ0n) is 9.24. The van der Waals surface area contributed by atoms with Gasteiger partial charge in [-0.1, -0.05) is 30.3 Å². The fourth-order valence-corrected chi connectivity index (χ4v) is 1.95. The first-order chi connectivity index (χ1) is 8.33. The van der Waals surface area contributed by atoms with E-state index in [-0.39, 0.29) is 5.75 Å². The van der Waals surface area contributed by atoms with Crippen molar-refractivity contribution in [1.82, 2.24) is 9.38 Å². The molecule has 1 aromatic carbocycles. The van der Waals surface area contributed by atoms with E-state index >= 15 is 0 Å². The van der Waals surface area contributed by atoms with Gasteiger partial charge in [0.1, 0.15) is 11.6 Å². The summed E-state index contributed by atoms with van der Waals surface area (Å²) in [6.07, 6.45) is 4.41. The molecule has 0 saturated heterocycles. The van der Waals surface area contributed by atoms with Gasteiger partial charge in [-0.25, -0.2) is 4.98 Å². The Kier molecular flexibility index (Phi) is 2.29. The molecule has 0 aliphatic rings. The number of pyridine rings is 1. The molecule has 0 aliphatic heterocycles. The minimum absolute atomic E-state index is 0.267. The van der Waals surface area contributed by atoms with Crippen molar-refractivity contribution < 1.29 is 5.11 Å². The van der Waals surface area contributed by atoms with E-state index in [1.807, 2.05) is 28.8 Å². The summed E-state index contributed by atoms with van der Waals surface area (Å²) in [7, 11) is 0. The van der Waals surface area contributed by atoms with E-state index in [4.69, 9.17) is 0 Å². The molecular formula is C14H12N2O. The molecule has 0 unspecified atom stereocenters. The summed E-state index contributed by atoms with van der Waals surface area (Å²) in [5, 5.41) is 9.39. The molecule has 0 aliphatic carbocycles. The minimum atomic E-state index is 0.267. The quantitative estimate of drug-likeness (QED) is 0.726. The molecule has 0 atom stereocenters. The van der Waals surface area contributed by atoms with Crippen LogP contribution in [0.3, 0.4) is 0 Å². The number of imidazole rings is 1. The molecule has 2 aromatic heterocycles. The molecule has 0 bridgehead atoms. The van der Waals surface area contributed by atoms with Crippen LogP contribution in [0.15, 0.2) is 54.9 Å². The van der Waals surface area contributed by atoms with Gasteiger partial charge in [0, 0.05) is 18.7 Å². The van der Waals surface area contributed by atoms with Crippen LogP contribution in [0, 0.1) is 0 Å². The molecule has 1 N–H and O–H groups in total. The first-order valence-electron chi connectivity index (χ1n) is 5.52. The number of benzene rings is 1. The van der Waals surface area contributed by atoms with Crippen LogP contribution >= 0.6 is 0 Å². The van der Waals surface area contributed by atoms with Gasteiger partial charge in [-0.3, -0.25) is 0 Å². The van der Waals surface area contributed by atoms with E-state index in [0.717, 1.165) is 17.8 Å². The Hall–Kier alpha value is -2.29. The minimum Gasteiger partial charge on any atom is -0.508 e. The normalized spacial score (nSPS) is 10.8. The second-order valence-electron chi connectivity index (χ2n) is 4.02. The molecule has 2 heterocycles. The van der Waals surface area contributed by atoms with Crippen LogP contribution in [0.5, 0.6) is 5.75 Å². The van der Waals surface area contributed by atoms with Crippen molar-refractivity contribution in [3.8, 4) is 5.75 Å². The maximum atomic E-state index is 9.39. The lowest BCUT2D eigenvalue weighted by molar-refractivity contribution is 0.475. The Labute approximate surface area is 99.0 Å². The first kappa shape index (κ1) is 9.90. The Morgan fingerprint density at radius 2 is 1.94 bits per heavy atom. The summed E-state index contributed by atoms with van der Waals surface area (Å²) < 4.78 is 1.99. The van der Waals surface area contributed by atoms with E-state index in [9.17, 15) is 5.11 Å². The second-order valence-corrected chi connectivity index (χ2v) is 4.02. The summed E-state index contributed by atoms with van der Waals surface area (Å²) in [6.45, 7) is 0. The lowest BCUT2D eigenvalue weighted by Gasteiger charge is -2.01. The summed E-state index contributed by atoms with van der Waals surface area (Å²) in [4.78, 5) is 4.38. The molecule has 0 amide bonds. The average molecular weight is 224 g/mol. The Bertz CT molecular complexity index is 644. The molecule has 17 heavy (non-hydrogen) atoms. The van der Waals surface area contributed by atoms with E-state index < -0.39 is 0 Å². The maximum absolute atomic E-state index is 9.39. The van der Waals surface area contributed by atoms with Gasteiger partial charge in [0.25, 0.3) is 0 Å². The van der Waals surface area contributed by atoms with Gasteiger partial charge in [-0.15, -0.1) is 0 Å². The molecule has 84 valence electrons. The number of nitrogens with zero attached hydrogens (tertiary/aromatic N) is 2. The molecule has 3 aromatic rings. The van der Waals surface area contributed by atoms with Crippen molar-refractivity contribution in [1.29, 1.82) is 0 Å². The van der Waals surface area contributed by atoms with E-state index in [1.54, 1.807) is 18.3 Å². The van der Waals surface area contributed by atoms with Crippen molar-refractivity contribution in [2.45, 2.75) is 6.42 Å². The van der Waals surface area contributed by atoms with Crippen LogP contribution in [-0.4, -0.2) is 14.5 Å². The van der Waals surface area contributed by atoms with Crippen molar-refractivity contribution in [2.75, 3.05) is 0 Å². The highest BCUT2D eigenvalue weighted by atomic mass is 16.3. The number of aromatic hydroxyl groups is 1. The van der Waals surface area contributed by atoms with Crippen LogP contribution in [-0.2, 0) is 6.42 Å². The largest absolute Gasteiger partial charge is 0.508 e. The number of aromatic nitrogens is 2. The topological polar surface area (TPSA) is 37.5 Å². The van der Waals surface area contributed by atoms with Crippen LogP contribution in [0.2, 0.25) is 0 Å². The lowest BCUT2D eigenvalue weighted by Crippen LogP contribution is -1.95. The number of hydrogen-bond acceptors (Lipinski definition) is 2. The zero-order valence-corrected chi connectivity index (χ0v) is 9.24. The van der Waals surface area contributed by atoms with Crippen molar-refractivity contribution in [2.24, 2.45) is 0 Å². The highest BCUT2D eigenvalue weighted by molar-refractivity contribution is 5.50. The van der Waals surface area contributed by atoms with Gasteiger partial charge in [0.15, 0.2) is 0 Å². The van der Waals surface area contributed by atoms with Crippen LogP contribution < -0.4 is 0 Å². The summed E-state index contributed by atoms with van der Waals surface area (Å²) in [6, 6.07) is 13.6. The molecule has 3 nitrogen and oxygen atoms in total. The van der Waals surface area contributed by atoms with E-state index in [0.29, 0.717) is 0 Å². The molecule has 0 fully saturated rings. The predicted octanol–water partition coefficient (Wildman–Crippen LogP) is 2.63. The van der Waals surface area contributed by atoms with Gasteiger partial charge >= 0.3 is 0 Å². The zero-order chi connectivity index (χ0) is 11.7. The number of hydrogen-bond donors (Lipinski definition) is 1. The highest BCUT2D eigenvalue weighted by Gasteiger charge is 2.04. The third-order valence-electron chi connectivity index (χ3n) is 2.80.